The monoisotopic (exact) mass is 580 g/mol. The van der Waals surface area contributed by atoms with Gasteiger partial charge in [0.05, 0.1) is 18.8 Å². The summed E-state index contributed by atoms with van der Waals surface area (Å²) in [6, 6.07) is -0.532. The summed E-state index contributed by atoms with van der Waals surface area (Å²) in [7, 11) is 0. The summed E-state index contributed by atoms with van der Waals surface area (Å²) in [6.45, 7) is 4.34. The number of unbranched alkanes of at least 4 members (excludes halogenated alkanes) is 24. The molecule has 0 aromatic rings. The molecule has 0 radical (unpaired) electrons. The number of carbonyl (C=O) groups is 1. The quantitative estimate of drug-likeness (QED) is 0.0535. The van der Waals surface area contributed by atoms with Gasteiger partial charge in [-0.2, -0.15) is 0 Å². The van der Waals surface area contributed by atoms with Crippen LogP contribution in [0, 0.1) is 0 Å². The van der Waals surface area contributed by atoms with Gasteiger partial charge in [0.15, 0.2) is 0 Å². The second kappa shape index (κ2) is 33.6. The number of hydrogen-bond donors (Lipinski definition) is 3. The van der Waals surface area contributed by atoms with Gasteiger partial charge in [-0.25, -0.2) is 0 Å². The SMILES string of the molecule is CCCCCCCC/C=C/CCCCCCCCCC(=O)N[C@@H](CO)[C@H](O)CCCCCCCCCCCCCC. The Morgan fingerprint density at radius 1 is 0.561 bits per heavy atom. The van der Waals surface area contributed by atoms with Crippen molar-refractivity contribution in [3.63, 3.8) is 0 Å². The highest BCUT2D eigenvalue weighted by Gasteiger charge is 2.19. The third kappa shape index (κ3) is 30.4. The highest BCUT2D eigenvalue weighted by molar-refractivity contribution is 5.76. The lowest BCUT2D eigenvalue weighted by molar-refractivity contribution is -0.123. The molecule has 0 saturated heterocycles. The van der Waals surface area contributed by atoms with Crippen LogP contribution in [0.25, 0.3) is 0 Å². The first kappa shape index (κ1) is 40.1. The first-order valence-corrected chi connectivity index (χ1v) is 18.4. The predicted molar refractivity (Wildman–Crippen MR) is 179 cm³/mol. The number of carbonyl (C=O) groups excluding carboxylic acids is 1. The molecule has 0 fully saturated rings. The molecule has 0 aromatic heterocycles. The molecule has 0 bridgehead atoms. The highest BCUT2D eigenvalue weighted by atomic mass is 16.3. The third-order valence-corrected chi connectivity index (χ3v) is 8.53. The number of nitrogens with one attached hydrogen (secondary N) is 1. The van der Waals surface area contributed by atoms with Crippen molar-refractivity contribution in [2.24, 2.45) is 0 Å². The van der Waals surface area contributed by atoms with Crippen molar-refractivity contribution >= 4 is 5.91 Å². The molecule has 1 amide bonds. The minimum atomic E-state index is -0.655. The van der Waals surface area contributed by atoms with E-state index < -0.39 is 12.1 Å². The largest absolute Gasteiger partial charge is 0.394 e. The summed E-state index contributed by atoms with van der Waals surface area (Å²) in [4.78, 5) is 12.3. The maximum atomic E-state index is 12.3. The average molecular weight is 580 g/mol. The Morgan fingerprint density at radius 3 is 1.34 bits per heavy atom. The van der Waals surface area contributed by atoms with Gasteiger partial charge in [0.25, 0.3) is 0 Å². The highest BCUT2D eigenvalue weighted by Crippen LogP contribution is 2.15. The van der Waals surface area contributed by atoms with Gasteiger partial charge in [-0.1, -0.05) is 167 Å². The Kier molecular flexibility index (Phi) is 32.9. The second-order valence-electron chi connectivity index (χ2n) is 12.6. The van der Waals surface area contributed by atoms with E-state index in [-0.39, 0.29) is 12.5 Å². The Balaban J connectivity index is 3.55. The van der Waals surface area contributed by atoms with E-state index >= 15 is 0 Å². The molecule has 0 saturated carbocycles. The Labute approximate surface area is 256 Å². The summed E-state index contributed by atoms with van der Waals surface area (Å²) in [5, 5.41) is 23.0. The first-order valence-electron chi connectivity index (χ1n) is 18.4. The van der Waals surface area contributed by atoms with E-state index in [0.717, 1.165) is 25.7 Å². The van der Waals surface area contributed by atoms with E-state index in [9.17, 15) is 15.0 Å². The van der Waals surface area contributed by atoms with Crippen molar-refractivity contribution < 1.29 is 15.0 Å². The number of amides is 1. The minimum absolute atomic E-state index is 0.0365. The summed E-state index contributed by atoms with van der Waals surface area (Å²) < 4.78 is 0. The van der Waals surface area contributed by atoms with E-state index in [2.05, 4.69) is 31.3 Å². The molecule has 0 spiro atoms. The maximum Gasteiger partial charge on any atom is 0.220 e. The molecule has 2 atom stereocenters. The molecule has 0 rings (SSSR count). The van der Waals surface area contributed by atoms with Gasteiger partial charge in [0, 0.05) is 6.42 Å². The van der Waals surface area contributed by atoms with Crippen LogP contribution in [-0.4, -0.2) is 34.9 Å². The van der Waals surface area contributed by atoms with E-state index in [0.29, 0.717) is 12.8 Å². The van der Waals surface area contributed by atoms with Gasteiger partial charge in [-0.3, -0.25) is 4.79 Å². The summed E-state index contributed by atoms with van der Waals surface area (Å²) >= 11 is 0. The van der Waals surface area contributed by atoms with Crippen LogP contribution in [-0.2, 0) is 4.79 Å². The molecule has 4 nitrogen and oxygen atoms in total. The molecule has 0 aliphatic heterocycles. The molecule has 244 valence electrons. The van der Waals surface area contributed by atoms with Gasteiger partial charge >= 0.3 is 0 Å². The van der Waals surface area contributed by atoms with Crippen LogP contribution < -0.4 is 5.32 Å². The molecular formula is C37H73NO3. The van der Waals surface area contributed by atoms with Crippen LogP contribution in [0.15, 0.2) is 12.2 Å². The molecule has 3 N–H and O–H groups in total. The maximum absolute atomic E-state index is 12.3. The van der Waals surface area contributed by atoms with Crippen LogP contribution in [0.1, 0.15) is 200 Å². The molecule has 41 heavy (non-hydrogen) atoms. The lowest BCUT2D eigenvalue weighted by atomic mass is 10.0. The normalized spacial score (nSPS) is 13.2. The summed E-state index contributed by atoms with van der Waals surface area (Å²) in [5.41, 5.74) is 0. The number of aliphatic hydroxyl groups excluding tert-OH is 2. The van der Waals surface area contributed by atoms with Crippen molar-refractivity contribution in [2.45, 2.75) is 212 Å². The van der Waals surface area contributed by atoms with Crippen LogP contribution in [0.4, 0.5) is 0 Å². The summed E-state index contributed by atoms with van der Waals surface area (Å²) in [5.74, 6) is -0.0365. The topological polar surface area (TPSA) is 69.6 Å². The van der Waals surface area contributed by atoms with Gasteiger partial charge < -0.3 is 15.5 Å². The predicted octanol–water partition coefficient (Wildman–Crippen LogP) is 10.7. The van der Waals surface area contributed by atoms with Crippen molar-refractivity contribution in [2.75, 3.05) is 6.61 Å². The van der Waals surface area contributed by atoms with Gasteiger partial charge in [-0.15, -0.1) is 0 Å². The van der Waals surface area contributed by atoms with Gasteiger partial charge in [-0.05, 0) is 38.5 Å². The molecule has 0 unspecified atom stereocenters. The smallest absolute Gasteiger partial charge is 0.220 e. The molecule has 0 aliphatic rings. The van der Waals surface area contributed by atoms with Crippen molar-refractivity contribution in [1.29, 1.82) is 0 Å². The van der Waals surface area contributed by atoms with Crippen LogP contribution >= 0.6 is 0 Å². The zero-order valence-electron chi connectivity index (χ0n) is 27.8. The zero-order valence-corrected chi connectivity index (χ0v) is 27.8. The fourth-order valence-electron chi connectivity index (χ4n) is 5.65. The van der Waals surface area contributed by atoms with Crippen LogP contribution in [0.2, 0.25) is 0 Å². The third-order valence-electron chi connectivity index (χ3n) is 8.53. The fourth-order valence-corrected chi connectivity index (χ4v) is 5.65. The number of hydrogen-bond acceptors (Lipinski definition) is 3. The van der Waals surface area contributed by atoms with E-state index in [4.69, 9.17) is 0 Å². The molecule has 0 aromatic carbocycles. The van der Waals surface area contributed by atoms with Crippen LogP contribution in [0.3, 0.4) is 0 Å². The standard InChI is InChI=1S/C37H73NO3/c1-3-5-7-9-11-13-15-17-18-19-20-21-23-25-27-29-31-33-37(41)38-35(34-39)36(40)32-30-28-26-24-22-16-14-12-10-8-6-4-2/h17-18,35-36,39-40H,3-16,19-34H2,1-2H3,(H,38,41)/b18-17+/t35-,36+/m0/s1. The molecular weight excluding hydrogens is 506 g/mol. The first-order chi connectivity index (χ1) is 20.2. The Morgan fingerprint density at radius 2 is 0.927 bits per heavy atom. The van der Waals surface area contributed by atoms with Crippen LogP contribution in [0.5, 0.6) is 0 Å². The second-order valence-corrected chi connectivity index (χ2v) is 12.6. The van der Waals surface area contributed by atoms with Crippen molar-refractivity contribution in [3.8, 4) is 0 Å². The molecule has 0 heterocycles. The van der Waals surface area contributed by atoms with E-state index in [1.54, 1.807) is 0 Å². The molecule has 0 aliphatic carbocycles. The lowest BCUT2D eigenvalue weighted by Crippen LogP contribution is -2.45. The Bertz CT molecular complexity index is 550. The molecule has 4 heteroatoms. The minimum Gasteiger partial charge on any atom is -0.394 e. The zero-order chi connectivity index (χ0) is 30.1. The number of aliphatic hydroxyl groups is 2. The van der Waals surface area contributed by atoms with Gasteiger partial charge in [0.2, 0.25) is 5.91 Å². The van der Waals surface area contributed by atoms with Crippen molar-refractivity contribution in [1.82, 2.24) is 5.32 Å². The summed E-state index contributed by atoms with van der Waals surface area (Å²) in [6.07, 6.45) is 39.7. The van der Waals surface area contributed by atoms with Crippen molar-refractivity contribution in [3.05, 3.63) is 12.2 Å². The lowest BCUT2D eigenvalue weighted by Gasteiger charge is -2.22. The van der Waals surface area contributed by atoms with E-state index in [1.165, 1.54) is 148 Å². The Hall–Kier alpha value is -0.870. The number of rotatable bonds is 33. The van der Waals surface area contributed by atoms with E-state index in [1.807, 2.05) is 0 Å². The van der Waals surface area contributed by atoms with Gasteiger partial charge in [0.1, 0.15) is 0 Å². The average Bonchev–Trinajstić information content (AvgIpc) is 2.97. The fraction of sp³-hybridized carbons (Fsp3) is 0.919. The number of allylic oxidation sites excluding steroid dienone is 2.